The lowest BCUT2D eigenvalue weighted by atomic mass is 10.3. The Bertz CT molecular complexity index is 490. The number of urea groups is 1. The number of nitrogens with zero attached hydrogens (tertiary/aromatic N) is 2. The van der Waals surface area contributed by atoms with Gasteiger partial charge in [-0.2, -0.15) is 21.6 Å². The molecule has 1 rings (SSSR count). The Kier molecular flexibility index (Phi) is 5.82. The first-order chi connectivity index (χ1) is 7.73. The summed E-state index contributed by atoms with van der Waals surface area (Å²) in [5, 5.41) is 0. The highest BCUT2D eigenvalue weighted by Crippen LogP contribution is 2.27. The second kappa shape index (κ2) is 6.58. The summed E-state index contributed by atoms with van der Waals surface area (Å²) in [6.07, 6.45) is -2.18. The smallest absolute Gasteiger partial charge is 0.349 e. The first-order valence-electron chi connectivity index (χ1n) is 3.81. The minimum Gasteiger partial charge on any atom is -0.349 e. The van der Waals surface area contributed by atoms with E-state index >= 15 is 0 Å². The van der Waals surface area contributed by atoms with Crippen LogP contribution in [0.5, 0.6) is 0 Å². The zero-order valence-electron chi connectivity index (χ0n) is 8.05. The number of alkyl halides is 3. The second-order valence-electron chi connectivity index (χ2n) is 2.39. The van der Waals surface area contributed by atoms with Crippen molar-refractivity contribution in [3.05, 3.63) is 30.1 Å². The number of aromatic nitrogens is 1. The van der Waals surface area contributed by atoms with Crippen LogP contribution in [0.3, 0.4) is 0 Å². The van der Waals surface area contributed by atoms with Crippen molar-refractivity contribution in [2.45, 2.75) is 6.18 Å². The molecule has 1 aromatic rings. The normalized spacial score (nSPS) is 9.82. The number of hydrogen-bond acceptors (Lipinski definition) is 4. The van der Waals surface area contributed by atoms with Gasteiger partial charge in [0.05, 0.1) is 5.56 Å². The lowest BCUT2D eigenvalue weighted by Crippen LogP contribution is -2.04. The number of halogens is 3. The molecular weight excluding hydrogens is 263 g/mol. The van der Waals surface area contributed by atoms with Crippen LogP contribution < -0.4 is 5.73 Å². The Morgan fingerprint density at radius 2 is 2.00 bits per heavy atom. The maximum Gasteiger partial charge on any atom is 0.417 e. The summed E-state index contributed by atoms with van der Waals surface area (Å²) in [5.74, 6) is 0. The van der Waals surface area contributed by atoms with Crippen LogP contribution in [-0.2, 0) is 16.7 Å². The van der Waals surface area contributed by atoms with Crippen LogP contribution in [-0.4, -0.2) is 19.4 Å². The van der Waals surface area contributed by atoms with Gasteiger partial charge in [0.1, 0.15) is 0 Å². The number of rotatable bonds is 0. The predicted octanol–water partition coefficient (Wildman–Crippen LogP) is 1.23. The highest BCUT2D eigenvalue weighted by molar-refractivity contribution is 7.62. The van der Waals surface area contributed by atoms with Gasteiger partial charge in [0.15, 0.2) is 0 Å². The molecule has 2 N–H and O–H groups in total. The van der Waals surface area contributed by atoms with E-state index < -0.39 is 28.3 Å². The molecule has 17 heavy (non-hydrogen) atoms. The van der Waals surface area contributed by atoms with Crippen molar-refractivity contribution in [2.24, 2.45) is 10.1 Å². The predicted molar refractivity (Wildman–Crippen MR) is 50.2 cm³/mol. The minimum atomic E-state index is -4.27. The molecule has 0 fully saturated rings. The van der Waals surface area contributed by atoms with Gasteiger partial charge in [-0.1, -0.05) is 4.36 Å². The van der Waals surface area contributed by atoms with Gasteiger partial charge in [0.25, 0.3) is 0 Å². The Morgan fingerprint density at radius 3 is 2.18 bits per heavy atom. The molecule has 0 atom stereocenters. The van der Waals surface area contributed by atoms with Crippen molar-refractivity contribution in [3.63, 3.8) is 0 Å². The average Bonchev–Trinajstić information content (AvgIpc) is 2.16. The van der Waals surface area contributed by atoms with Crippen molar-refractivity contribution in [1.29, 1.82) is 0 Å². The van der Waals surface area contributed by atoms with Crippen LogP contribution in [0.25, 0.3) is 0 Å². The summed E-state index contributed by atoms with van der Waals surface area (Å²) in [6.45, 7) is 0. The van der Waals surface area contributed by atoms with Gasteiger partial charge in [0.2, 0.25) is 0 Å². The van der Waals surface area contributed by atoms with Crippen LogP contribution in [0.4, 0.5) is 18.0 Å². The summed E-state index contributed by atoms with van der Waals surface area (Å²) < 4.78 is 56.3. The van der Waals surface area contributed by atoms with Crippen molar-refractivity contribution in [2.75, 3.05) is 0 Å². The van der Waals surface area contributed by atoms with Gasteiger partial charge in [0, 0.05) is 12.4 Å². The van der Waals surface area contributed by atoms with Crippen LogP contribution in [0.1, 0.15) is 5.56 Å². The minimum absolute atomic E-state index is 0.713. The Hall–Kier alpha value is -1.97. The number of pyridine rings is 1. The molecule has 1 aromatic heterocycles. The third-order valence-electron chi connectivity index (χ3n) is 1.15. The summed E-state index contributed by atoms with van der Waals surface area (Å²) in [5.41, 5.74) is 3.58. The van der Waals surface area contributed by atoms with E-state index in [2.05, 4.69) is 15.1 Å². The quantitative estimate of drug-likeness (QED) is 0.764. The molecule has 0 aliphatic carbocycles. The summed E-state index contributed by atoms with van der Waals surface area (Å²) >= 11 is 0. The molecule has 0 bridgehead atoms. The van der Waals surface area contributed by atoms with E-state index in [-0.39, 0.29) is 0 Å². The van der Waals surface area contributed by atoms with E-state index in [1.807, 2.05) is 0 Å². The zero-order chi connectivity index (χ0) is 13.5. The van der Waals surface area contributed by atoms with E-state index in [1.165, 1.54) is 12.3 Å². The molecule has 6 nitrogen and oxygen atoms in total. The molecule has 0 spiro atoms. The van der Waals surface area contributed by atoms with Gasteiger partial charge < -0.3 is 5.73 Å². The SMILES string of the molecule is FC(F)(F)c1cccnc1.NC(=O)N=S(=O)=O. The molecule has 0 saturated heterocycles. The standard InChI is InChI=1S/C6H4F3N.CH2N2O3S/c7-6(8,9)5-2-1-3-10-4-5;2-1(4)3-7(5)6/h1-4H;(H2,2,4). The van der Waals surface area contributed by atoms with Crippen molar-refractivity contribution >= 4 is 16.5 Å². The number of nitrogens with two attached hydrogens (primary N) is 1. The van der Waals surface area contributed by atoms with Gasteiger partial charge in [-0.05, 0) is 12.1 Å². The van der Waals surface area contributed by atoms with Crippen LogP contribution in [0, 0.1) is 0 Å². The third kappa shape index (κ3) is 7.90. The van der Waals surface area contributed by atoms with Crippen LogP contribution in [0.15, 0.2) is 28.9 Å². The topological polar surface area (TPSA) is 102 Å². The first-order valence-corrected chi connectivity index (χ1v) is 4.84. The third-order valence-corrected chi connectivity index (χ3v) is 1.48. The Labute approximate surface area is 95.0 Å². The Morgan fingerprint density at radius 1 is 1.41 bits per heavy atom. The van der Waals surface area contributed by atoms with Crippen molar-refractivity contribution in [3.8, 4) is 0 Å². The molecule has 0 aromatic carbocycles. The fourth-order valence-electron chi connectivity index (χ4n) is 0.604. The molecule has 0 unspecified atom stereocenters. The summed E-state index contributed by atoms with van der Waals surface area (Å²) in [6, 6.07) is 1.03. The second-order valence-corrected chi connectivity index (χ2v) is 3.00. The Balaban J connectivity index is 0.000000325. The average molecular weight is 269 g/mol. The number of amides is 2. The monoisotopic (exact) mass is 269 g/mol. The molecule has 0 aliphatic rings. The number of primary amides is 1. The van der Waals surface area contributed by atoms with Crippen LogP contribution in [0.2, 0.25) is 0 Å². The van der Waals surface area contributed by atoms with Crippen molar-refractivity contribution < 1.29 is 26.4 Å². The molecular formula is C7H6F3N3O3S. The summed E-state index contributed by atoms with van der Waals surface area (Å²) in [7, 11) is -2.70. The molecule has 1 heterocycles. The number of hydrogen-bond donors (Lipinski definition) is 1. The first kappa shape index (κ1) is 15.0. The number of carbonyl (C=O) groups is 1. The van der Waals surface area contributed by atoms with Crippen LogP contribution >= 0.6 is 0 Å². The summed E-state index contributed by atoms with van der Waals surface area (Å²) in [4.78, 5) is 12.8. The lowest BCUT2D eigenvalue weighted by molar-refractivity contribution is -0.137. The zero-order valence-corrected chi connectivity index (χ0v) is 8.86. The fraction of sp³-hybridized carbons (Fsp3) is 0.143. The maximum atomic E-state index is 11.7. The largest absolute Gasteiger partial charge is 0.417 e. The highest BCUT2D eigenvalue weighted by atomic mass is 32.2. The van der Waals surface area contributed by atoms with E-state index in [0.29, 0.717) is 0 Å². The number of carbonyl (C=O) groups excluding carboxylic acids is 1. The maximum absolute atomic E-state index is 11.7. The van der Waals surface area contributed by atoms with Gasteiger partial charge >= 0.3 is 22.7 Å². The molecule has 10 heteroatoms. The van der Waals surface area contributed by atoms with E-state index in [0.717, 1.165) is 12.3 Å². The molecule has 2 amide bonds. The molecule has 94 valence electrons. The van der Waals surface area contributed by atoms with Gasteiger partial charge in [-0.3, -0.25) is 4.98 Å². The lowest BCUT2D eigenvalue weighted by Gasteiger charge is -2.03. The van der Waals surface area contributed by atoms with Gasteiger partial charge in [-0.25, -0.2) is 4.79 Å². The van der Waals surface area contributed by atoms with Crippen molar-refractivity contribution in [1.82, 2.24) is 4.98 Å². The van der Waals surface area contributed by atoms with E-state index in [4.69, 9.17) is 0 Å². The van der Waals surface area contributed by atoms with E-state index in [9.17, 15) is 26.4 Å². The van der Waals surface area contributed by atoms with Gasteiger partial charge in [-0.15, -0.1) is 0 Å². The molecule has 0 saturated carbocycles. The fourth-order valence-corrected chi connectivity index (χ4v) is 0.751. The highest BCUT2D eigenvalue weighted by Gasteiger charge is 2.30. The van der Waals surface area contributed by atoms with E-state index in [1.54, 1.807) is 0 Å². The molecule has 0 aliphatic heterocycles. The molecule has 0 radical (unpaired) electrons.